The Balaban J connectivity index is 2.21. The molecular formula is C16H12ClFN2O4S. The molecule has 0 amide bonds. The average molecular weight is 383 g/mol. The molecule has 3 rings (SSSR count). The van der Waals surface area contributed by atoms with Gasteiger partial charge in [0.25, 0.3) is 0 Å². The van der Waals surface area contributed by atoms with E-state index in [0.717, 1.165) is 12.1 Å². The highest BCUT2D eigenvalue weighted by atomic mass is 35.5. The van der Waals surface area contributed by atoms with Gasteiger partial charge in [0.15, 0.2) is 5.76 Å². The fourth-order valence-corrected chi connectivity index (χ4v) is 3.23. The van der Waals surface area contributed by atoms with E-state index in [1.165, 1.54) is 6.07 Å². The van der Waals surface area contributed by atoms with Crippen LogP contribution in [0.3, 0.4) is 0 Å². The molecule has 0 spiro atoms. The normalized spacial score (nSPS) is 11.7. The number of nitrogens with two attached hydrogens (primary N) is 1. The zero-order chi connectivity index (χ0) is 18.2. The number of aliphatic hydroxyl groups is 1. The first-order valence-electron chi connectivity index (χ1n) is 6.99. The van der Waals surface area contributed by atoms with Crippen molar-refractivity contribution in [3.63, 3.8) is 0 Å². The van der Waals surface area contributed by atoms with Gasteiger partial charge in [0.1, 0.15) is 23.0 Å². The summed E-state index contributed by atoms with van der Waals surface area (Å²) < 4.78 is 42.0. The molecule has 0 fully saturated rings. The zero-order valence-electron chi connectivity index (χ0n) is 12.6. The predicted octanol–water partition coefficient (Wildman–Crippen LogP) is 2.94. The Kier molecular flexibility index (Phi) is 4.61. The summed E-state index contributed by atoms with van der Waals surface area (Å²) in [5.41, 5.74) is 1.56. The van der Waals surface area contributed by atoms with Crippen molar-refractivity contribution in [1.82, 2.24) is 5.16 Å². The molecule has 0 aliphatic carbocycles. The van der Waals surface area contributed by atoms with Gasteiger partial charge in [-0.15, -0.1) is 0 Å². The van der Waals surface area contributed by atoms with Gasteiger partial charge in [-0.25, -0.2) is 17.9 Å². The Morgan fingerprint density at radius 2 is 1.96 bits per heavy atom. The summed E-state index contributed by atoms with van der Waals surface area (Å²) in [7, 11) is -4.18. The van der Waals surface area contributed by atoms with E-state index in [2.05, 4.69) is 5.16 Å². The summed E-state index contributed by atoms with van der Waals surface area (Å²) in [4.78, 5) is -0.623. The lowest BCUT2D eigenvalue weighted by atomic mass is 9.99. The fraction of sp³-hybridized carbons (Fsp3) is 0.0625. The van der Waals surface area contributed by atoms with E-state index in [-0.39, 0.29) is 11.3 Å². The van der Waals surface area contributed by atoms with Crippen LogP contribution < -0.4 is 5.14 Å². The van der Waals surface area contributed by atoms with Crippen molar-refractivity contribution in [2.75, 3.05) is 0 Å². The van der Waals surface area contributed by atoms with Gasteiger partial charge in [-0.2, -0.15) is 0 Å². The number of hydrogen-bond acceptors (Lipinski definition) is 5. The van der Waals surface area contributed by atoms with Gasteiger partial charge in [0.05, 0.1) is 5.56 Å². The third-order valence-corrected chi connectivity index (χ3v) is 4.71. The molecule has 3 N–H and O–H groups in total. The zero-order valence-corrected chi connectivity index (χ0v) is 14.2. The highest BCUT2D eigenvalue weighted by Crippen LogP contribution is 2.36. The molecule has 3 aromatic rings. The van der Waals surface area contributed by atoms with Crippen LogP contribution in [-0.4, -0.2) is 18.7 Å². The maximum absolute atomic E-state index is 14.2. The molecule has 9 heteroatoms. The number of aromatic nitrogens is 1. The summed E-state index contributed by atoms with van der Waals surface area (Å²) in [6, 6.07) is 10.2. The number of hydrogen-bond donors (Lipinski definition) is 2. The molecular weight excluding hydrogens is 371 g/mol. The van der Waals surface area contributed by atoms with Crippen molar-refractivity contribution in [3.8, 4) is 22.4 Å². The van der Waals surface area contributed by atoms with E-state index in [4.69, 9.17) is 21.3 Å². The molecule has 1 aromatic heterocycles. The van der Waals surface area contributed by atoms with Crippen LogP contribution in [0.5, 0.6) is 0 Å². The SMILES string of the molecule is NS(=O)(=O)c1ccc(-c2c(-c3cccc(Cl)c3)noc2CO)cc1F. The fourth-order valence-electron chi connectivity index (χ4n) is 2.45. The quantitative estimate of drug-likeness (QED) is 0.721. The molecule has 0 saturated heterocycles. The van der Waals surface area contributed by atoms with Gasteiger partial charge in [-0.05, 0) is 29.8 Å². The number of sulfonamides is 1. The predicted molar refractivity (Wildman–Crippen MR) is 89.6 cm³/mol. The van der Waals surface area contributed by atoms with Gasteiger partial charge in [-0.1, -0.05) is 35.0 Å². The van der Waals surface area contributed by atoms with Crippen LogP contribution in [0.25, 0.3) is 22.4 Å². The average Bonchev–Trinajstić information content (AvgIpc) is 2.97. The summed E-state index contributed by atoms with van der Waals surface area (Å²) >= 11 is 5.98. The van der Waals surface area contributed by atoms with Crippen LogP contribution in [0.1, 0.15) is 5.76 Å². The third-order valence-electron chi connectivity index (χ3n) is 3.53. The number of halogens is 2. The molecule has 0 atom stereocenters. The largest absolute Gasteiger partial charge is 0.388 e. The minimum Gasteiger partial charge on any atom is -0.388 e. The smallest absolute Gasteiger partial charge is 0.240 e. The van der Waals surface area contributed by atoms with Crippen molar-refractivity contribution in [3.05, 3.63) is 59.1 Å². The number of nitrogens with zero attached hydrogens (tertiary/aromatic N) is 1. The second kappa shape index (κ2) is 6.57. The Hall–Kier alpha value is -2.26. The standard InChI is InChI=1S/C16H12ClFN2O4S/c17-11-3-1-2-10(6-11)16-15(13(8-21)24-20-16)9-4-5-14(12(18)7-9)25(19,22)23/h1-7,21H,8H2,(H2,19,22,23). The molecule has 0 saturated carbocycles. The summed E-state index contributed by atoms with van der Waals surface area (Å²) in [6.45, 7) is -0.471. The molecule has 0 radical (unpaired) electrons. The van der Waals surface area contributed by atoms with E-state index in [9.17, 15) is 17.9 Å². The van der Waals surface area contributed by atoms with Gasteiger partial charge in [0.2, 0.25) is 10.0 Å². The highest BCUT2D eigenvalue weighted by Gasteiger charge is 2.22. The minimum absolute atomic E-state index is 0.109. The maximum Gasteiger partial charge on any atom is 0.240 e. The Morgan fingerprint density at radius 1 is 1.20 bits per heavy atom. The number of aliphatic hydroxyl groups excluding tert-OH is 1. The maximum atomic E-state index is 14.2. The summed E-state index contributed by atoms with van der Waals surface area (Å²) in [6.07, 6.45) is 0. The first kappa shape index (κ1) is 17.6. The van der Waals surface area contributed by atoms with Crippen LogP contribution in [0.2, 0.25) is 5.02 Å². The lowest BCUT2D eigenvalue weighted by Gasteiger charge is -2.07. The lowest BCUT2D eigenvalue weighted by Crippen LogP contribution is -2.14. The van der Waals surface area contributed by atoms with Crippen molar-refractivity contribution >= 4 is 21.6 Å². The van der Waals surface area contributed by atoms with Crippen LogP contribution in [0.4, 0.5) is 4.39 Å². The summed E-state index contributed by atoms with van der Waals surface area (Å²) in [5.74, 6) is -0.903. The topological polar surface area (TPSA) is 106 Å². The molecule has 1 heterocycles. The van der Waals surface area contributed by atoms with Crippen molar-refractivity contribution in [2.24, 2.45) is 5.14 Å². The second-order valence-corrected chi connectivity index (χ2v) is 7.15. The molecule has 0 unspecified atom stereocenters. The van der Waals surface area contributed by atoms with Gasteiger partial charge >= 0.3 is 0 Å². The molecule has 0 bridgehead atoms. The van der Waals surface area contributed by atoms with Crippen LogP contribution in [0, 0.1) is 5.82 Å². The van der Waals surface area contributed by atoms with Crippen LogP contribution >= 0.6 is 11.6 Å². The third kappa shape index (κ3) is 3.42. The Morgan fingerprint density at radius 3 is 2.56 bits per heavy atom. The van der Waals surface area contributed by atoms with Crippen LogP contribution in [0.15, 0.2) is 51.9 Å². The Labute approximate surface area is 147 Å². The van der Waals surface area contributed by atoms with E-state index in [1.54, 1.807) is 24.3 Å². The van der Waals surface area contributed by atoms with E-state index in [1.807, 2.05) is 0 Å². The molecule has 6 nitrogen and oxygen atoms in total. The molecule has 2 aromatic carbocycles. The van der Waals surface area contributed by atoms with E-state index in [0.29, 0.717) is 21.8 Å². The van der Waals surface area contributed by atoms with Gasteiger partial charge in [-0.3, -0.25) is 0 Å². The molecule has 0 aliphatic rings. The lowest BCUT2D eigenvalue weighted by molar-refractivity contribution is 0.230. The molecule has 25 heavy (non-hydrogen) atoms. The molecule has 130 valence electrons. The number of benzene rings is 2. The first-order chi connectivity index (χ1) is 11.8. The minimum atomic E-state index is -4.18. The number of rotatable bonds is 4. The van der Waals surface area contributed by atoms with Crippen molar-refractivity contribution in [2.45, 2.75) is 11.5 Å². The monoisotopic (exact) mass is 382 g/mol. The second-order valence-electron chi connectivity index (χ2n) is 5.19. The highest BCUT2D eigenvalue weighted by molar-refractivity contribution is 7.89. The van der Waals surface area contributed by atoms with Gasteiger partial charge in [0, 0.05) is 10.6 Å². The first-order valence-corrected chi connectivity index (χ1v) is 8.91. The Bertz CT molecular complexity index is 1050. The summed E-state index contributed by atoms with van der Waals surface area (Å²) in [5, 5.41) is 18.8. The van der Waals surface area contributed by atoms with E-state index < -0.39 is 27.3 Å². The van der Waals surface area contributed by atoms with Crippen LogP contribution in [-0.2, 0) is 16.6 Å². The van der Waals surface area contributed by atoms with E-state index >= 15 is 0 Å². The number of primary sulfonamides is 1. The van der Waals surface area contributed by atoms with Crippen molar-refractivity contribution < 1.29 is 22.4 Å². The van der Waals surface area contributed by atoms with Gasteiger partial charge < -0.3 is 9.63 Å². The van der Waals surface area contributed by atoms with Crippen molar-refractivity contribution in [1.29, 1.82) is 0 Å². The molecule has 0 aliphatic heterocycles.